The van der Waals surface area contributed by atoms with Gasteiger partial charge in [-0.3, -0.25) is 9.59 Å². The Bertz CT molecular complexity index is 1480. The first-order chi connectivity index (χ1) is 18.1. The highest BCUT2D eigenvalue weighted by atomic mass is 32.2. The molecular weight excluding hydrogens is 500 g/mol. The lowest BCUT2D eigenvalue weighted by molar-refractivity contribution is 0.0951. The van der Waals surface area contributed by atoms with Crippen LogP contribution >= 0.6 is 0 Å². The summed E-state index contributed by atoms with van der Waals surface area (Å²) in [6, 6.07) is 10.0. The summed E-state index contributed by atoms with van der Waals surface area (Å²) in [7, 11) is -3.18. The van der Waals surface area contributed by atoms with Crippen LogP contribution in [-0.4, -0.2) is 47.0 Å². The van der Waals surface area contributed by atoms with Gasteiger partial charge in [0.15, 0.2) is 0 Å². The number of nitrogens with zero attached hydrogens (tertiary/aromatic N) is 2. The molecule has 2 aromatic heterocycles. The van der Waals surface area contributed by atoms with Gasteiger partial charge in [0.05, 0.1) is 11.3 Å². The summed E-state index contributed by atoms with van der Waals surface area (Å²) >= 11 is 0. The molecule has 8 nitrogen and oxygen atoms in total. The van der Waals surface area contributed by atoms with E-state index < -0.39 is 10.0 Å². The molecule has 0 saturated carbocycles. The van der Waals surface area contributed by atoms with E-state index >= 15 is 0 Å². The van der Waals surface area contributed by atoms with Crippen molar-refractivity contribution in [3.05, 3.63) is 68.8 Å². The van der Waals surface area contributed by atoms with Crippen molar-refractivity contribution in [2.45, 2.75) is 72.9 Å². The van der Waals surface area contributed by atoms with Gasteiger partial charge in [0.2, 0.25) is 10.0 Å². The van der Waals surface area contributed by atoms with Gasteiger partial charge < -0.3 is 14.9 Å². The molecule has 2 N–H and O–H groups in total. The van der Waals surface area contributed by atoms with Gasteiger partial charge in [-0.05, 0) is 70.6 Å². The number of carbonyl (C=O) groups excluding carboxylic acids is 1. The highest BCUT2D eigenvalue weighted by Gasteiger charge is 2.32. The minimum Gasteiger partial charge on any atom is -0.348 e. The Morgan fingerprint density at radius 1 is 1.16 bits per heavy atom. The lowest BCUT2D eigenvalue weighted by atomic mass is 9.91. The number of nitrogens with one attached hydrogen (secondary N) is 2. The Hall–Kier alpha value is -2.91. The molecule has 0 spiro atoms. The van der Waals surface area contributed by atoms with E-state index in [1.54, 1.807) is 11.2 Å². The second-order valence-electron chi connectivity index (χ2n) is 10.4. The SMILES string of the molecule is CCCc1cc(C)[nH]c(=O)c1CNC(=O)c1c(C)n(C(C)C2CCN(S(=O)(=O)CC)CC2)c2ccccc12. The molecule has 9 heteroatoms. The molecule has 38 heavy (non-hydrogen) atoms. The fraction of sp³-hybridized carbons (Fsp3) is 0.517. The average molecular weight is 541 g/mol. The quantitative estimate of drug-likeness (QED) is 0.418. The predicted molar refractivity (Wildman–Crippen MR) is 152 cm³/mol. The number of carbonyl (C=O) groups is 1. The molecule has 1 saturated heterocycles. The standard InChI is InChI=1S/C29H40N4O4S/c1-6-10-23-17-19(3)31-28(34)25(23)18-30-29(35)27-21(5)33(26-12-9-8-11-24(26)27)20(4)22-13-15-32(16-14-22)38(36,37)7-2/h8-9,11-12,17,20,22H,6-7,10,13-16,18H2,1-5H3,(H,30,35)(H,31,34). The van der Waals surface area contributed by atoms with Crippen molar-refractivity contribution in [2.75, 3.05) is 18.8 Å². The smallest absolute Gasteiger partial charge is 0.254 e. The molecule has 0 aliphatic carbocycles. The second-order valence-corrected chi connectivity index (χ2v) is 12.7. The number of amides is 1. The number of aryl methyl sites for hydroxylation is 2. The molecule has 3 aromatic rings. The van der Waals surface area contributed by atoms with E-state index in [1.165, 1.54) is 0 Å². The van der Waals surface area contributed by atoms with Crippen molar-refractivity contribution in [1.82, 2.24) is 19.2 Å². The summed E-state index contributed by atoms with van der Waals surface area (Å²) in [5.74, 6) is 0.226. The minimum atomic E-state index is -3.18. The Morgan fingerprint density at radius 2 is 1.84 bits per heavy atom. The first kappa shape index (κ1) is 28.1. The van der Waals surface area contributed by atoms with Gasteiger partial charge in [-0.2, -0.15) is 0 Å². The molecule has 1 aliphatic heterocycles. The van der Waals surface area contributed by atoms with Gasteiger partial charge in [-0.15, -0.1) is 0 Å². The van der Waals surface area contributed by atoms with Crippen molar-refractivity contribution in [2.24, 2.45) is 5.92 Å². The highest BCUT2D eigenvalue weighted by Crippen LogP contribution is 2.36. The van der Waals surface area contributed by atoms with Crippen LogP contribution in [0.4, 0.5) is 0 Å². The normalized spacial score (nSPS) is 16.1. The van der Waals surface area contributed by atoms with Crippen LogP contribution in [0, 0.1) is 19.8 Å². The lowest BCUT2D eigenvalue weighted by Gasteiger charge is -2.35. The van der Waals surface area contributed by atoms with Crippen molar-refractivity contribution >= 4 is 26.8 Å². The Kier molecular flexibility index (Phi) is 8.47. The number of pyridine rings is 1. The maximum Gasteiger partial charge on any atom is 0.254 e. The van der Waals surface area contributed by atoms with Gasteiger partial charge in [0.1, 0.15) is 0 Å². The number of fused-ring (bicyclic) bond motifs is 1. The molecule has 4 rings (SSSR count). The molecular formula is C29H40N4O4S. The molecule has 1 amide bonds. The lowest BCUT2D eigenvalue weighted by Crippen LogP contribution is -2.40. The zero-order valence-corrected chi connectivity index (χ0v) is 24.0. The van der Waals surface area contributed by atoms with Gasteiger partial charge in [-0.1, -0.05) is 31.5 Å². The molecule has 1 fully saturated rings. The number of sulfonamides is 1. The van der Waals surface area contributed by atoms with Crippen LogP contribution in [0.25, 0.3) is 10.9 Å². The third-order valence-corrected chi connectivity index (χ3v) is 9.92. The van der Waals surface area contributed by atoms with Crippen LogP contribution in [0.3, 0.4) is 0 Å². The molecule has 0 bridgehead atoms. The molecule has 1 unspecified atom stereocenters. The first-order valence-corrected chi connectivity index (χ1v) is 15.3. The predicted octanol–water partition coefficient (Wildman–Crippen LogP) is 4.45. The number of H-pyrrole nitrogens is 1. The van der Waals surface area contributed by atoms with Crippen molar-refractivity contribution in [3.8, 4) is 0 Å². The maximum absolute atomic E-state index is 13.6. The van der Waals surface area contributed by atoms with E-state index in [-0.39, 0.29) is 29.8 Å². The number of hydrogen-bond acceptors (Lipinski definition) is 4. The summed E-state index contributed by atoms with van der Waals surface area (Å²) in [6.07, 6.45) is 3.26. The van der Waals surface area contributed by atoms with Gasteiger partial charge in [0.25, 0.3) is 11.5 Å². The molecule has 1 aliphatic rings. The Morgan fingerprint density at radius 3 is 2.50 bits per heavy atom. The van der Waals surface area contributed by atoms with Crippen LogP contribution in [-0.2, 0) is 23.0 Å². The summed E-state index contributed by atoms with van der Waals surface area (Å²) < 4.78 is 28.5. The third-order valence-electron chi connectivity index (χ3n) is 8.04. The number of hydrogen-bond donors (Lipinski definition) is 2. The van der Waals surface area contributed by atoms with Crippen LogP contribution in [0.15, 0.2) is 35.1 Å². The number of rotatable bonds is 9. The Labute approximate surface area is 225 Å². The van der Waals surface area contributed by atoms with Gasteiger partial charge in [-0.25, -0.2) is 12.7 Å². The second kappa shape index (κ2) is 11.5. The highest BCUT2D eigenvalue weighted by molar-refractivity contribution is 7.89. The fourth-order valence-electron chi connectivity index (χ4n) is 5.96. The summed E-state index contributed by atoms with van der Waals surface area (Å²) in [6.45, 7) is 11.0. The number of aromatic nitrogens is 2. The zero-order chi connectivity index (χ0) is 27.6. The molecule has 1 aromatic carbocycles. The van der Waals surface area contributed by atoms with Crippen LogP contribution in [0.2, 0.25) is 0 Å². The zero-order valence-electron chi connectivity index (χ0n) is 23.1. The van der Waals surface area contributed by atoms with Crippen molar-refractivity contribution in [3.63, 3.8) is 0 Å². The van der Waals surface area contributed by atoms with E-state index in [0.717, 1.165) is 53.5 Å². The summed E-state index contributed by atoms with van der Waals surface area (Å²) in [5.41, 5.74) is 4.74. The van der Waals surface area contributed by atoms with Crippen molar-refractivity contribution in [1.29, 1.82) is 0 Å². The number of aromatic amines is 1. The van der Waals surface area contributed by atoms with E-state index in [2.05, 4.69) is 28.7 Å². The molecule has 206 valence electrons. The van der Waals surface area contributed by atoms with E-state index in [0.29, 0.717) is 30.1 Å². The first-order valence-electron chi connectivity index (χ1n) is 13.7. The van der Waals surface area contributed by atoms with E-state index in [1.807, 2.05) is 44.2 Å². The summed E-state index contributed by atoms with van der Waals surface area (Å²) in [4.78, 5) is 29.1. The van der Waals surface area contributed by atoms with Crippen LogP contribution < -0.4 is 10.9 Å². The largest absolute Gasteiger partial charge is 0.348 e. The number of para-hydroxylation sites is 1. The Balaban J connectivity index is 1.60. The van der Waals surface area contributed by atoms with E-state index in [9.17, 15) is 18.0 Å². The minimum absolute atomic E-state index is 0.101. The molecule has 3 heterocycles. The average Bonchev–Trinajstić information content (AvgIpc) is 3.19. The molecule has 0 radical (unpaired) electrons. The fourth-order valence-corrected chi connectivity index (χ4v) is 7.09. The van der Waals surface area contributed by atoms with E-state index in [4.69, 9.17) is 0 Å². The molecule has 1 atom stereocenters. The maximum atomic E-state index is 13.6. The van der Waals surface area contributed by atoms with Crippen LogP contribution in [0.5, 0.6) is 0 Å². The third kappa shape index (κ3) is 5.45. The van der Waals surface area contributed by atoms with Gasteiger partial charge in [0, 0.05) is 53.5 Å². The number of benzene rings is 1. The summed E-state index contributed by atoms with van der Waals surface area (Å²) in [5, 5.41) is 3.90. The topological polar surface area (TPSA) is 104 Å². The monoisotopic (exact) mass is 540 g/mol. The number of piperidine rings is 1. The van der Waals surface area contributed by atoms with Crippen molar-refractivity contribution < 1.29 is 13.2 Å². The van der Waals surface area contributed by atoms with Gasteiger partial charge >= 0.3 is 0 Å². The van der Waals surface area contributed by atoms with Crippen LogP contribution in [0.1, 0.15) is 78.9 Å².